The van der Waals surface area contributed by atoms with Crippen molar-refractivity contribution in [2.75, 3.05) is 12.4 Å². The van der Waals surface area contributed by atoms with Gasteiger partial charge < -0.3 is 10.2 Å². The summed E-state index contributed by atoms with van der Waals surface area (Å²) in [5.41, 5.74) is -0.287. The van der Waals surface area contributed by atoms with Crippen molar-refractivity contribution >= 4 is 40.4 Å². The fraction of sp³-hybridized carbons (Fsp3) is 0.300. The lowest BCUT2D eigenvalue weighted by atomic mass is 9.74. The van der Waals surface area contributed by atoms with Crippen molar-refractivity contribution in [2.24, 2.45) is 0 Å². The molecule has 1 N–H and O–H groups in total. The number of ketones is 1. The first-order chi connectivity index (χ1) is 12.9. The van der Waals surface area contributed by atoms with Gasteiger partial charge in [-0.25, -0.2) is 8.78 Å². The van der Waals surface area contributed by atoms with Crippen LogP contribution in [0.5, 0.6) is 0 Å². The number of benzene rings is 2. The number of thiocarbonyl (C=S) groups is 1. The molecule has 142 valence electrons. The van der Waals surface area contributed by atoms with Crippen molar-refractivity contribution in [3.63, 3.8) is 0 Å². The highest BCUT2D eigenvalue weighted by atomic mass is 35.5. The van der Waals surface area contributed by atoms with Gasteiger partial charge in [-0.2, -0.15) is 0 Å². The molecule has 1 atom stereocenters. The van der Waals surface area contributed by atoms with Gasteiger partial charge in [0.05, 0.1) is 5.69 Å². The molecule has 0 spiro atoms. The van der Waals surface area contributed by atoms with Gasteiger partial charge in [-0.15, -0.1) is 0 Å². The lowest BCUT2D eigenvalue weighted by Crippen LogP contribution is -2.55. The number of carbonyl (C=O) groups excluding carboxylic acids is 1. The van der Waals surface area contributed by atoms with E-state index in [9.17, 15) is 13.6 Å². The summed E-state index contributed by atoms with van der Waals surface area (Å²) in [5.74, 6) is -1.41. The van der Waals surface area contributed by atoms with Crippen molar-refractivity contribution in [3.8, 4) is 0 Å². The van der Waals surface area contributed by atoms with Crippen LogP contribution in [0.15, 0.2) is 42.5 Å². The van der Waals surface area contributed by atoms with Crippen LogP contribution in [-0.4, -0.2) is 22.8 Å². The van der Waals surface area contributed by atoms with Gasteiger partial charge in [-0.05, 0) is 49.7 Å². The molecule has 0 saturated heterocycles. The molecule has 0 aromatic heterocycles. The van der Waals surface area contributed by atoms with Crippen LogP contribution in [-0.2, 0) is 10.3 Å². The first kappa shape index (κ1) is 19.7. The molecule has 7 heteroatoms. The highest BCUT2D eigenvalue weighted by Gasteiger charge is 2.47. The van der Waals surface area contributed by atoms with Crippen molar-refractivity contribution in [1.82, 2.24) is 4.90 Å². The Labute approximate surface area is 167 Å². The van der Waals surface area contributed by atoms with Crippen molar-refractivity contribution in [1.29, 1.82) is 0 Å². The van der Waals surface area contributed by atoms with Gasteiger partial charge in [-0.3, -0.25) is 4.79 Å². The number of rotatable bonds is 3. The summed E-state index contributed by atoms with van der Waals surface area (Å²) in [5, 5.41) is 3.43. The van der Waals surface area contributed by atoms with Gasteiger partial charge in [0.15, 0.2) is 10.9 Å². The minimum atomic E-state index is -1.02. The Balaban J connectivity index is 1.98. The average molecular weight is 409 g/mol. The molecule has 0 amide bonds. The Morgan fingerprint density at radius 3 is 2.63 bits per heavy atom. The SMILES string of the molecule is CN(C(=S)Nc1ccc(F)cc1F)C1(c2ccccc2Cl)CCCCC1=O. The maximum absolute atomic E-state index is 14.0. The van der Waals surface area contributed by atoms with Crippen LogP contribution in [0.1, 0.15) is 31.2 Å². The van der Waals surface area contributed by atoms with Gasteiger partial charge >= 0.3 is 0 Å². The van der Waals surface area contributed by atoms with Crippen LogP contribution in [0, 0.1) is 11.6 Å². The monoisotopic (exact) mass is 408 g/mol. The molecule has 1 aliphatic rings. The van der Waals surface area contributed by atoms with Gasteiger partial charge in [0, 0.05) is 30.1 Å². The molecule has 1 unspecified atom stereocenters. The van der Waals surface area contributed by atoms with E-state index in [1.165, 1.54) is 6.07 Å². The fourth-order valence-electron chi connectivity index (χ4n) is 3.59. The topological polar surface area (TPSA) is 32.3 Å². The zero-order valence-electron chi connectivity index (χ0n) is 14.8. The van der Waals surface area contributed by atoms with Crippen LogP contribution >= 0.6 is 23.8 Å². The van der Waals surface area contributed by atoms with E-state index in [1.54, 1.807) is 24.1 Å². The molecule has 1 aliphatic carbocycles. The van der Waals surface area contributed by atoms with Crippen LogP contribution in [0.4, 0.5) is 14.5 Å². The average Bonchev–Trinajstić information content (AvgIpc) is 2.64. The Hall–Kier alpha value is -2.05. The number of carbonyl (C=O) groups is 1. The standard InChI is InChI=1S/C20H19ClF2N2OS/c1-25(19(27)24-17-10-9-13(22)12-16(17)23)20(11-5-4-8-18(20)26)14-6-2-3-7-15(14)21/h2-3,6-7,9-10,12H,4-5,8,11H2,1H3,(H,24,27). The first-order valence-corrected chi connectivity index (χ1v) is 9.43. The lowest BCUT2D eigenvalue weighted by Gasteiger charge is -2.45. The van der Waals surface area contributed by atoms with E-state index >= 15 is 0 Å². The molecule has 0 bridgehead atoms. The highest BCUT2D eigenvalue weighted by Crippen LogP contribution is 2.42. The van der Waals surface area contributed by atoms with Crippen molar-refractivity contribution in [3.05, 3.63) is 64.7 Å². The molecule has 2 aromatic rings. The summed E-state index contributed by atoms with van der Waals surface area (Å²) >= 11 is 11.9. The largest absolute Gasteiger partial charge is 0.335 e. The molecular weight excluding hydrogens is 390 g/mol. The maximum atomic E-state index is 14.0. The second-order valence-corrected chi connectivity index (χ2v) is 7.38. The molecule has 0 radical (unpaired) electrons. The second-order valence-electron chi connectivity index (χ2n) is 6.58. The minimum absolute atomic E-state index is 0.0214. The predicted octanol–water partition coefficient (Wildman–Crippen LogP) is 5.29. The number of anilines is 1. The second kappa shape index (κ2) is 7.90. The Morgan fingerprint density at radius 1 is 1.22 bits per heavy atom. The van der Waals surface area contributed by atoms with Gasteiger partial charge in [0.25, 0.3) is 0 Å². The number of Topliss-reactive ketones (excluding diaryl/α,β-unsaturated/α-hetero) is 1. The molecule has 0 heterocycles. The Kier molecular flexibility index (Phi) is 5.77. The summed E-state index contributed by atoms with van der Waals surface area (Å²) in [7, 11) is 1.70. The normalized spacial score (nSPS) is 19.6. The van der Waals surface area contributed by atoms with E-state index in [-0.39, 0.29) is 16.6 Å². The summed E-state index contributed by atoms with van der Waals surface area (Å²) in [6.07, 6.45) is 2.63. The van der Waals surface area contributed by atoms with E-state index < -0.39 is 17.2 Å². The smallest absolute Gasteiger partial charge is 0.174 e. The molecule has 2 aromatic carbocycles. The molecule has 27 heavy (non-hydrogen) atoms. The summed E-state index contributed by atoms with van der Waals surface area (Å²) in [6.45, 7) is 0. The van der Waals surface area contributed by atoms with E-state index in [2.05, 4.69) is 5.32 Å². The number of nitrogens with one attached hydrogen (secondary N) is 1. The molecule has 1 fully saturated rings. The fourth-order valence-corrected chi connectivity index (χ4v) is 4.15. The molecular formula is C20H19ClF2N2OS. The molecule has 3 rings (SSSR count). The zero-order chi connectivity index (χ0) is 19.6. The van der Waals surface area contributed by atoms with E-state index in [0.717, 1.165) is 25.0 Å². The van der Waals surface area contributed by atoms with E-state index in [4.69, 9.17) is 23.8 Å². The van der Waals surface area contributed by atoms with Gasteiger partial charge in [-0.1, -0.05) is 29.8 Å². The molecule has 1 saturated carbocycles. The number of nitrogens with zero attached hydrogens (tertiary/aromatic N) is 1. The summed E-state index contributed by atoms with van der Waals surface area (Å²) in [4.78, 5) is 14.7. The third-order valence-corrected chi connectivity index (χ3v) is 5.73. The lowest BCUT2D eigenvalue weighted by molar-refractivity contribution is -0.131. The number of hydrogen-bond donors (Lipinski definition) is 1. The van der Waals surface area contributed by atoms with Crippen molar-refractivity contribution < 1.29 is 13.6 Å². The van der Waals surface area contributed by atoms with E-state index in [1.807, 2.05) is 12.1 Å². The Morgan fingerprint density at radius 2 is 1.96 bits per heavy atom. The van der Waals surface area contributed by atoms with Crippen LogP contribution in [0.25, 0.3) is 0 Å². The quantitative estimate of drug-likeness (QED) is 0.700. The Bertz CT molecular complexity index is 892. The van der Waals surface area contributed by atoms with Crippen molar-refractivity contribution in [2.45, 2.75) is 31.2 Å². The highest BCUT2D eigenvalue weighted by molar-refractivity contribution is 7.80. The summed E-state index contributed by atoms with van der Waals surface area (Å²) in [6, 6.07) is 10.4. The zero-order valence-corrected chi connectivity index (χ0v) is 16.3. The maximum Gasteiger partial charge on any atom is 0.174 e. The molecule has 0 aliphatic heterocycles. The predicted molar refractivity (Wildman–Crippen MR) is 107 cm³/mol. The first-order valence-electron chi connectivity index (χ1n) is 8.64. The third-order valence-electron chi connectivity index (χ3n) is 5.02. The number of halogens is 3. The van der Waals surface area contributed by atoms with Crippen LogP contribution < -0.4 is 5.32 Å². The molecule has 3 nitrogen and oxygen atoms in total. The van der Waals surface area contributed by atoms with Gasteiger partial charge in [0.1, 0.15) is 17.2 Å². The third kappa shape index (κ3) is 3.69. The van der Waals surface area contributed by atoms with Crippen LogP contribution in [0.2, 0.25) is 5.02 Å². The minimum Gasteiger partial charge on any atom is -0.335 e. The summed E-state index contributed by atoms with van der Waals surface area (Å²) < 4.78 is 27.1. The number of hydrogen-bond acceptors (Lipinski definition) is 2. The van der Waals surface area contributed by atoms with Gasteiger partial charge in [0.2, 0.25) is 0 Å². The number of likely N-dealkylation sites (N-methyl/N-ethyl adjacent to an activating group) is 1. The van der Waals surface area contributed by atoms with Crippen LogP contribution in [0.3, 0.4) is 0 Å². The van der Waals surface area contributed by atoms with E-state index in [0.29, 0.717) is 23.4 Å².